The lowest BCUT2D eigenvalue weighted by Crippen LogP contribution is -2.58. The van der Waals surface area contributed by atoms with Crippen molar-refractivity contribution < 1.29 is 29.0 Å². The lowest BCUT2D eigenvalue weighted by Gasteiger charge is -2.52. The predicted molar refractivity (Wildman–Crippen MR) is 130 cm³/mol. The summed E-state index contributed by atoms with van der Waals surface area (Å²) in [5, 5.41) is 13.8. The Hall–Kier alpha value is -2.16. The summed E-state index contributed by atoms with van der Waals surface area (Å²) in [6.07, 6.45) is 2.49. The Labute approximate surface area is 203 Å². The molecule has 34 heavy (non-hydrogen) atoms. The summed E-state index contributed by atoms with van der Waals surface area (Å²) >= 11 is 0. The van der Waals surface area contributed by atoms with Crippen molar-refractivity contribution in [2.24, 2.45) is 0 Å². The van der Waals surface area contributed by atoms with Gasteiger partial charge in [0.1, 0.15) is 11.7 Å². The number of carbonyl (C=O) groups excluding carboxylic acids is 1. The van der Waals surface area contributed by atoms with Crippen LogP contribution >= 0.6 is 0 Å². The molecule has 2 N–H and O–H groups in total. The number of rotatable bonds is 9. The van der Waals surface area contributed by atoms with E-state index in [-0.39, 0.29) is 30.4 Å². The minimum atomic E-state index is -1.20. The molecule has 192 valence electrons. The summed E-state index contributed by atoms with van der Waals surface area (Å²) in [7, 11) is 0. The van der Waals surface area contributed by atoms with Crippen molar-refractivity contribution in [3.05, 3.63) is 35.4 Å². The summed E-state index contributed by atoms with van der Waals surface area (Å²) in [6, 6.07) is 6.69. The number of hydrogen-bond donors (Lipinski definition) is 2. The van der Waals surface area contributed by atoms with Crippen LogP contribution in [0.1, 0.15) is 91.9 Å². The summed E-state index contributed by atoms with van der Waals surface area (Å²) in [4.78, 5) is 29.8. The number of nitrogens with zero attached hydrogens (tertiary/aromatic N) is 1. The number of benzene rings is 1. The first-order valence-corrected chi connectivity index (χ1v) is 12.0. The lowest BCUT2D eigenvalue weighted by atomic mass is 9.82. The number of carboxylic acid groups (broad SMARTS) is 1. The molecule has 2 rings (SSSR count). The predicted octanol–water partition coefficient (Wildman–Crippen LogP) is 5.22. The molecular weight excluding hydrogens is 436 g/mol. The van der Waals surface area contributed by atoms with Crippen LogP contribution in [-0.4, -0.2) is 51.6 Å². The first kappa shape index (κ1) is 28.1. The third kappa shape index (κ3) is 8.25. The average Bonchev–Trinajstić information content (AvgIpc) is 2.68. The second-order valence-electron chi connectivity index (χ2n) is 11.3. The molecule has 1 fully saturated rings. The monoisotopic (exact) mass is 478 g/mol. The van der Waals surface area contributed by atoms with E-state index in [1.54, 1.807) is 20.8 Å². The molecule has 1 saturated heterocycles. The Morgan fingerprint density at radius 2 is 1.65 bits per heavy atom. The van der Waals surface area contributed by atoms with Crippen molar-refractivity contribution in [1.82, 2.24) is 10.4 Å². The molecule has 0 aromatic heterocycles. The standard InChI is InChI=1S/C26H42N2O6/c1-18(34-28-25(5,6)14-9-15-26(28,7)8)20-12-10-19(11-13-20)16-32-17-21(22(29)30)27-23(31)33-24(2,3)4/h10-13,18,21H,9,14-17H2,1-8H3,(H,27,31)(H,29,30)/t18?,21-/m0/s1. The van der Waals surface area contributed by atoms with E-state index in [0.29, 0.717) is 0 Å². The van der Waals surface area contributed by atoms with Crippen molar-refractivity contribution in [2.75, 3.05) is 6.61 Å². The highest BCUT2D eigenvalue weighted by Crippen LogP contribution is 2.40. The van der Waals surface area contributed by atoms with Crippen LogP contribution in [0.2, 0.25) is 0 Å². The van der Waals surface area contributed by atoms with Gasteiger partial charge in [-0.2, -0.15) is 5.06 Å². The van der Waals surface area contributed by atoms with Crippen molar-refractivity contribution in [1.29, 1.82) is 0 Å². The third-order valence-corrected chi connectivity index (χ3v) is 5.93. The summed E-state index contributed by atoms with van der Waals surface area (Å²) in [6.45, 7) is 16.1. The van der Waals surface area contributed by atoms with Crippen LogP contribution in [-0.2, 0) is 25.7 Å². The van der Waals surface area contributed by atoms with Gasteiger partial charge in [-0.15, -0.1) is 0 Å². The SMILES string of the molecule is CC(ON1C(C)(C)CCCC1(C)C)c1ccc(COC[C@H](NC(=O)OC(C)(C)C)C(=O)O)cc1. The molecule has 1 aromatic carbocycles. The van der Waals surface area contributed by atoms with Gasteiger partial charge in [-0.25, -0.2) is 9.59 Å². The minimum Gasteiger partial charge on any atom is -0.480 e. The molecule has 1 heterocycles. The van der Waals surface area contributed by atoms with Crippen molar-refractivity contribution >= 4 is 12.1 Å². The van der Waals surface area contributed by atoms with Gasteiger partial charge in [0, 0.05) is 11.1 Å². The highest BCUT2D eigenvalue weighted by Gasteiger charge is 2.43. The van der Waals surface area contributed by atoms with Crippen molar-refractivity contribution in [2.45, 2.75) is 110 Å². The smallest absolute Gasteiger partial charge is 0.408 e. The normalized spacial score (nSPS) is 19.8. The minimum absolute atomic E-state index is 0.0299. The molecule has 1 aliphatic rings. The Bertz CT molecular complexity index is 813. The quantitative estimate of drug-likeness (QED) is 0.502. The molecule has 0 bridgehead atoms. The van der Waals surface area contributed by atoms with Crippen LogP contribution in [0, 0.1) is 0 Å². The van der Waals surface area contributed by atoms with E-state index in [1.807, 2.05) is 31.2 Å². The number of nitrogens with one attached hydrogen (secondary N) is 1. The van der Waals surface area contributed by atoms with Gasteiger partial charge in [0.2, 0.25) is 0 Å². The maximum absolute atomic E-state index is 11.9. The van der Waals surface area contributed by atoms with Crippen molar-refractivity contribution in [3.63, 3.8) is 0 Å². The van der Waals surface area contributed by atoms with Gasteiger partial charge in [-0.3, -0.25) is 4.84 Å². The molecule has 0 radical (unpaired) electrons. The number of hydrogen-bond acceptors (Lipinski definition) is 6. The van der Waals surface area contributed by atoms with Crippen molar-refractivity contribution in [3.8, 4) is 0 Å². The lowest BCUT2D eigenvalue weighted by molar-refractivity contribution is -0.304. The zero-order chi connectivity index (χ0) is 25.7. The second-order valence-corrected chi connectivity index (χ2v) is 11.3. The topological polar surface area (TPSA) is 97.3 Å². The number of alkyl carbamates (subject to hydrolysis) is 1. The number of amides is 1. The van der Waals surface area contributed by atoms with Crippen LogP contribution in [0.25, 0.3) is 0 Å². The molecular formula is C26H42N2O6. The van der Waals surface area contributed by atoms with Crippen LogP contribution in [0.4, 0.5) is 4.79 Å². The fourth-order valence-corrected chi connectivity index (χ4v) is 4.28. The fourth-order valence-electron chi connectivity index (χ4n) is 4.28. The number of carboxylic acids is 1. The van der Waals surface area contributed by atoms with Gasteiger partial charge in [0.15, 0.2) is 6.04 Å². The van der Waals surface area contributed by atoms with Gasteiger partial charge in [0.25, 0.3) is 0 Å². The number of hydroxylamine groups is 2. The third-order valence-electron chi connectivity index (χ3n) is 5.93. The van der Waals surface area contributed by atoms with Crippen LogP contribution < -0.4 is 5.32 Å². The van der Waals surface area contributed by atoms with E-state index >= 15 is 0 Å². The molecule has 2 atom stereocenters. The van der Waals surface area contributed by atoms with Gasteiger partial charge in [0.05, 0.1) is 13.2 Å². The summed E-state index contributed by atoms with van der Waals surface area (Å²) in [5.74, 6) is -1.18. The van der Waals surface area contributed by atoms with Crippen LogP contribution in [0.15, 0.2) is 24.3 Å². The number of aliphatic carboxylic acids is 1. The Morgan fingerprint density at radius 3 is 2.15 bits per heavy atom. The molecule has 8 heteroatoms. The van der Waals surface area contributed by atoms with E-state index in [4.69, 9.17) is 14.3 Å². The highest BCUT2D eigenvalue weighted by atomic mass is 16.7. The van der Waals surface area contributed by atoms with Gasteiger partial charge < -0.3 is 19.9 Å². The molecule has 0 spiro atoms. The van der Waals surface area contributed by atoms with E-state index in [2.05, 4.69) is 38.1 Å². The Balaban J connectivity index is 1.90. The van der Waals surface area contributed by atoms with E-state index in [0.717, 1.165) is 24.0 Å². The van der Waals surface area contributed by atoms with E-state index in [9.17, 15) is 14.7 Å². The number of piperidine rings is 1. The van der Waals surface area contributed by atoms with E-state index < -0.39 is 23.7 Å². The average molecular weight is 479 g/mol. The first-order valence-electron chi connectivity index (χ1n) is 12.0. The molecule has 8 nitrogen and oxygen atoms in total. The molecule has 1 aromatic rings. The molecule has 0 aliphatic carbocycles. The summed E-state index contributed by atoms with van der Waals surface area (Å²) < 4.78 is 10.7. The van der Waals surface area contributed by atoms with Gasteiger partial charge >= 0.3 is 12.1 Å². The second kappa shape index (κ2) is 11.1. The Morgan fingerprint density at radius 1 is 1.09 bits per heavy atom. The molecule has 1 unspecified atom stereocenters. The van der Waals surface area contributed by atoms with Crippen LogP contribution in [0.3, 0.4) is 0 Å². The molecule has 1 aliphatic heterocycles. The molecule has 1 amide bonds. The Kier molecular flexibility index (Phi) is 9.13. The fraction of sp³-hybridized carbons (Fsp3) is 0.692. The number of carbonyl (C=O) groups is 2. The highest BCUT2D eigenvalue weighted by molar-refractivity contribution is 5.80. The van der Waals surface area contributed by atoms with Gasteiger partial charge in [-0.05, 0) is 85.8 Å². The maximum Gasteiger partial charge on any atom is 0.408 e. The summed E-state index contributed by atoms with van der Waals surface area (Å²) in [5.41, 5.74) is 1.18. The van der Waals surface area contributed by atoms with Crippen LogP contribution in [0.5, 0.6) is 0 Å². The maximum atomic E-state index is 11.9. The van der Waals surface area contributed by atoms with E-state index in [1.165, 1.54) is 6.42 Å². The molecule has 0 saturated carbocycles. The zero-order valence-corrected chi connectivity index (χ0v) is 21.9. The van der Waals surface area contributed by atoms with Gasteiger partial charge in [-0.1, -0.05) is 24.3 Å². The first-order chi connectivity index (χ1) is 15.6. The largest absolute Gasteiger partial charge is 0.480 e. The number of ether oxygens (including phenoxy) is 2. The zero-order valence-electron chi connectivity index (χ0n) is 21.9.